The summed E-state index contributed by atoms with van der Waals surface area (Å²) in [5.41, 5.74) is 5.90. The predicted octanol–water partition coefficient (Wildman–Crippen LogP) is 2.51. The highest BCUT2D eigenvalue weighted by atomic mass is 19.4. The first-order valence-corrected chi connectivity index (χ1v) is 8.75. The number of aromatic nitrogens is 4. The molecule has 4 heterocycles. The lowest BCUT2D eigenvalue weighted by atomic mass is 9.98. The van der Waals surface area contributed by atoms with Crippen molar-refractivity contribution < 1.29 is 18.0 Å². The molecule has 10 heteroatoms. The van der Waals surface area contributed by atoms with Crippen LogP contribution in [0.3, 0.4) is 0 Å². The first-order valence-electron chi connectivity index (χ1n) is 8.75. The third-order valence-electron chi connectivity index (χ3n) is 4.84. The molecule has 2 N–H and O–H groups in total. The van der Waals surface area contributed by atoms with Crippen molar-refractivity contribution in [2.45, 2.75) is 19.0 Å². The molecular weight excluding hydrogens is 373 g/mol. The molecule has 146 valence electrons. The number of imidazole rings is 1. The summed E-state index contributed by atoms with van der Waals surface area (Å²) in [5, 5.41) is 0. The standard InChI is InChI=1S/C18H17F3N6O/c19-18(20,21)12-3-4-15-24-8-14(27(15)10-12)13-5-6-23-17(25-13)26-7-1-2-11(9-26)16(22)28/h3-6,8,10-11H,1-2,7,9H2,(H2,22,28)/t11-/m0/s1. The zero-order valence-corrected chi connectivity index (χ0v) is 14.7. The van der Waals surface area contributed by atoms with E-state index in [-0.39, 0.29) is 11.8 Å². The van der Waals surface area contributed by atoms with Crippen LogP contribution in [0.25, 0.3) is 17.0 Å². The monoisotopic (exact) mass is 390 g/mol. The molecule has 1 atom stereocenters. The minimum Gasteiger partial charge on any atom is -0.369 e. The Bertz CT molecular complexity index is 1030. The van der Waals surface area contributed by atoms with Crippen molar-refractivity contribution in [2.24, 2.45) is 11.7 Å². The van der Waals surface area contributed by atoms with Crippen LogP contribution >= 0.6 is 0 Å². The number of pyridine rings is 1. The normalized spacial score (nSPS) is 17.8. The molecule has 1 aliphatic rings. The first kappa shape index (κ1) is 18.2. The summed E-state index contributed by atoms with van der Waals surface area (Å²) in [4.78, 5) is 26.3. The molecule has 0 unspecified atom stereocenters. The number of nitrogens with two attached hydrogens (primary N) is 1. The molecule has 0 saturated carbocycles. The predicted molar refractivity (Wildman–Crippen MR) is 95.4 cm³/mol. The summed E-state index contributed by atoms with van der Waals surface area (Å²) in [6.45, 7) is 1.10. The van der Waals surface area contributed by atoms with E-state index < -0.39 is 11.7 Å². The second-order valence-electron chi connectivity index (χ2n) is 6.72. The number of anilines is 1. The summed E-state index contributed by atoms with van der Waals surface area (Å²) in [7, 11) is 0. The minimum atomic E-state index is -4.45. The van der Waals surface area contributed by atoms with Crippen LogP contribution in [0.2, 0.25) is 0 Å². The average molecular weight is 390 g/mol. The molecule has 0 spiro atoms. The minimum absolute atomic E-state index is 0.272. The van der Waals surface area contributed by atoms with Crippen molar-refractivity contribution in [3.8, 4) is 11.4 Å². The number of nitrogens with zero attached hydrogens (tertiary/aromatic N) is 5. The number of piperidine rings is 1. The highest BCUT2D eigenvalue weighted by Gasteiger charge is 2.31. The zero-order chi connectivity index (χ0) is 19.9. The number of carbonyl (C=O) groups is 1. The van der Waals surface area contributed by atoms with Crippen molar-refractivity contribution in [3.05, 3.63) is 42.4 Å². The van der Waals surface area contributed by atoms with E-state index in [1.54, 1.807) is 12.3 Å². The number of hydrogen-bond acceptors (Lipinski definition) is 5. The molecule has 0 aromatic carbocycles. The summed E-state index contributed by atoms with van der Waals surface area (Å²) in [6, 6.07) is 3.93. The maximum absolute atomic E-state index is 13.1. The first-order chi connectivity index (χ1) is 13.3. The fourth-order valence-corrected chi connectivity index (χ4v) is 3.37. The summed E-state index contributed by atoms with van der Waals surface area (Å²) >= 11 is 0. The van der Waals surface area contributed by atoms with E-state index >= 15 is 0 Å². The van der Waals surface area contributed by atoms with Crippen LogP contribution in [-0.2, 0) is 11.0 Å². The molecule has 3 aromatic rings. The van der Waals surface area contributed by atoms with Gasteiger partial charge in [-0.15, -0.1) is 0 Å². The van der Waals surface area contributed by atoms with Gasteiger partial charge in [-0.05, 0) is 31.0 Å². The number of halogens is 3. The van der Waals surface area contributed by atoms with E-state index in [9.17, 15) is 18.0 Å². The number of carbonyl (C=O) groups excluding carboxylic acids is 1. The third kappa shape index (κ3) is 3.37. The lowest BCUT2D eigenvalue weighted by Crippen LogP contribution is -2.41. The average Bonchev–Trinajstić information content (AvgIpc) is 3.11. The fourth-order valence-electron chi connectivity index (χ4n) is 3.37. The highest BCUT2D eigenvalue weighted by Crippen LogP contribution is 2.31. The van der Waals surface area contributed by atoms with Gasteiger partial charge in [0.05, 0.1) is 29.1 Å². The van der Waals surface area contributed by atoms with E-state index in [0.29, 0.717) is 36.1 Å². The molecule has 7 nitrogen and oxygen atoms in total. The smallest absolute Gasteiger partial charge is 0.369 e. The molecule has 0 bridgehead atoms. The molecule has 1 saturated heterocycles. The van der Waals surface area contributed by atoms with Gasteiger partial charge in [0.15, 0.2) is 0 Å². The summed E-state index contributed by atoms with van der Waals surface area (Å²) < 4.78 is 40.5. The van der Waals surface area contributed by atoms with E-state index in [1.807, 2.05) is 4.90 Å². The van der Waals surface area contributed by atoms with Gasteiger partial charge in [-0.25, -0.2) is 15.0 Å². The lowest BCUT2D eigenvalue weighted by molar-refractivity contribution is -0.137. The Kier molecular flexibility index (Phi) is 4.40. The number of primary amides is 1. The van der Waals surface area contributed by atoms with Crippen molar-refractivity contribution in [1.29, 1.82) is 0 Å². The Hall–Kier alpha value is -3.17. The molecule has 28 heavy (non-hydrogen) atoms. The molecule has 0 radical (unpaired) electrons. The third-order valence-corrected chi connectivity index (χ3v) is 4.84. The number of fused-ring (bicyclic) bond motifs is 1. The van der Waals surface area contributed by atoms with Crippen molar-refractivity contribution in [2.75, 3.05) is 18.0 Å². The van der Waals surface area contributed by atoms with Crippen molar-refractivity contribution >= 4 is 17.5 Å². The Morgan fingerprint density at radius 3 is 2.79 bits per heavy atom. The van der Waals surface area contributed by atoms with Gasteiger partial charge >= 0.3 is 6.18 Å². The number of hydrogen-bond donors (Lipinski definition) is 1. The van der Waals surface area contributed by atoms with Crippen LogP contribution in [0.4, 0.5) is 19.1 Å². The van der Waals surface area contributed by atoms with Gasteiger partial charge in [-0.3, -0.25) is 9.20 Å². The van der Waals surface area contributed by atoms with Crippen LogP contribution in [0.15, 0.2) is 36.8 Å². The maximum atomic E-state index is 13.1. The number of amides is 1. The quantitative estimate of drug-likeness (QED) is 0.742. The molecule has 1 fully saturated rings. The van der Waals surface area contributed by atoms with E-state index in [2.05, 4.69) is 15.0 Å². The number of rotatable bonds is 3. The van der Waals surface area contributed by atoms with Gasteiger partial charge in [-0.1, -0.05) is 0 Å². The van der Waals surface area contributed by atoms with Crippen LogP contribution in [-0.4, -0.2) is 38.3 Å². The maximum Gasteiger partial charge on any atom is 0.417 e. The molecule has 1 aliphatic heterocycles. The van der Waals surface area contributed by atoms with Gasteiger partial charge in [0.1, 0.15) is 5.65 Å². The second-order valence-corrected chi connectivity index (χ2v) is 6.72. The van der Waals surface area contributed by atoms with Crippen molar-refractivity contribution in [1.82, 2.24) is 19.4 Å². The highest BCUT2D eigenvalue weighted by molar-refractivity contribution is 5.77. The molecule has 1 amide bonds. The van der Waals surface area contributed by atoms with Gasteiger partial charge in [0.25, 0.3) is 0 Å². The topological polar surface area (TPSA) is 89.4 Å². The summed E-state index contributed by atoms with van der Waals surface area (Å²) in [5.74, 6) is -0.223. The molecule has 0 aliphatic carbocycles. The largest absolute Gasteiger partial charge is 0.417 e. The van der Waals surface area contributed by atoms with Gasteiger partial charge in [0, 0.05) is 25.5 Å². The van der Waals surface area contributed by atoms with Gasteiger partial charge in [0.2, 0.25) is 11.9 Å². The summed E-state index contributed by atoms with van der Waals surface area (Å²) in [6.07, 6.45) is 1.07. The van der Waals surface area contributed by atoms with Gasteiger partial charge < -0.3 is 10.6 Å². The van der Waals surface area contributed by atoms with Gasteiger partial charge in [-0.2, -0.15) is 13.2 Å². The zero-order valence-electron chi connectivity index (χ0n) is 14.7. The van der Waals surface area contributed by atoms with Crippen LogP contribution < -0.4 is 10.6 Å². The van der Waals surface area contributed by atoms with Crippen LogP contribution in [0, 0.1) is 5.92 Å². The molecule has 3 aromatic heterocycles. The molecular formula is C18H17F3N6O. The van der Waals surface area contributed by atoms with Crippen molar-refractivity contribution in [3.63, 3.8) is 0 Å². The Balaban J connectivity index is 1.71. The lowest BCUT2D eigenvalue weighted by Gasteiger charge is -2.31. The Labute approximate surface area is 158 Å². The fraction of sp³-hybridized carbons (Fsp3) is 0.333. The second kappa shape index (κ2) is 6.77. The Morgan fingerprint density at radius 2 is 2.04 bits per heavy atom. The Morgan fingerprint density at radius 1 is 1.21 bits per heavy atom. The molecule has 4 rings (SSSR count). The SMILES string of the molecule is NC(=O)[C@H]1CCCN(c2nccc(-c3cnc4ccc(C(F)(F)F)cn34)n2)C1. The number of alkyl halides is 3. The van der Waals surface area contributed by atoms with E-state index in [4.69, 9.17) is 5.73 Å². The van der Waals surface area contributed by atoms with Crippen LogP contribution in [0.5, 0.6) is 0 Å². The van der Waals surface area contributed by atoms with E-state index in [0.717, 1.165) is 25.1 Å². The van der Waals surface area contributed by atoms with Crippen LogP contribution in [0.1, 0.15) is 18.4 Å². The van der Waals surface area contributed by atoms with E-state index in [1.165, 1.54) is 16.7 Å².